The summed E-state index contributed by atoms with van der Waals surface area (Å²) >= 11 is 1.49. The van der Waals surface area contributed by atoms with Crippen LogP contribution in [0.5, 0.6) is 11.5 Å². The highest BCUT2D eigenvalue weighted by atomic mass is 32.2. The molecular weight excluding hydrogens is 462 g/mol. The zero-order valence-electron chi connectivity index (χ0n) is 19.1. The summed E-state index contributed by atoms with van der Waals surface area (Å²) in [6.07, 6.45) is 0. The lowest BCUT2D eigenvalue weighted by Gasteiger charge is -2.14. The standard InChI is InChI=1S/C26H21N5O3S/c1-17-7-12-23(33-2)22(15-17)30-24(32)20-5-3-4-6-21(20)31-25(30)28-29-26(31)35-14-13-34-19-10-8-18(16-27)9-11-19/h3-12,15H,13-14H2,1-2H3. The third-order valence-electron chi connectivity index (χ3n) is 5.54. The number of aryl methyl sites for hydroxylation is 1. The van der Waals surface area contributed by atoms with Gasteiger partial charge in [-0.15, -0.1) is 10.2 Å². The molecule has 2 heterocycles. The highest BCUT2D eigenvalue weighted by Crippen LogP contribution is 2.28. The first kappa shape index (κ1) is 22.5. The van der Waals surface area contributed by atoms with Crippen LogP contribution in [0.25, 0.3) is 22.4 Å². The number of methoxy groups -OCH3 is 1. The van der Waals surface area contributed by atoms with Gasteiger partial charge in [-0.1, -0.05) is 30.0 Å². The van der Waals surface area contributed by atoms with Crippen LogP contribution >= 0.6 is 11.8 Å². The molecule has 5 rings (SSSR count). The summed E-state index contributed by atoms with van der Waals surface area (Å²) in [7, 11) is 1.58. The zero-order valence-corrected chi connectivity index (χ0v) is 20.0. The van der Waals surface area contributed by atoms with Crippen molar-refractivity contribution in [3.63, 3.8) is 0 Å². The molecule has 0 atom stereocenters. The Hall–Kier alpha value is -4.29. The number of hydrogen-bond donors (Lipinski definition) is 0. The molecule has 0 aliphatic rings. The molecule has 0 amide bonds. The lowest BCUT2D eigenvalue weighted by atomic mass is 10.2. The molecule has 0 aliphatic heterocycles. The van der Waals surface area contributed by atoms with Crippen molar-refractivity contribution in [2.45, 2.75) is 12.1 Å². The first-order valence-electron chi connectivity index (χ1n) is 10.9. The lowest BCUT2D eigenvalue weighted by Crippen LogP contribution is -2.22. The molecule has 2 aromatic heterocycles. The Morgan fingerprint density at radius 3 is 2.63 bits per heavy atom. The molecule has 0 bridgehead atoms. The Labute approximate surface area is 205 Å². The van der Waals surface area contributed by atoms with Crippen LogP contribution in [0.3, 0.4) is 0 Å². The average molecular weight is 484 g/mol. The number of rotatable bonds is 7. The van der Waals surface area contributed by atoms with E-state index in [1.165, 1.54) is 11.8 Å². The molecule has 0 unspecified atom stereocenters. The van der Waals surface area contributed by atoms with E-state index < -0.39 is 0 Å². The number of ether oxygens (including phenoxy) is 2. The number of benzene rings is 3. The minimum absolute atomic E-state index is 0.190. The van der Waals surface area contributed by atoms with Crippen LogP contribution in [0.1, 0.15) is 11.1 Å². The van der Waals surface area contributed by atoms with Crippen molar-refractivity contribution in [2.24, 2.45) is 0 Å². The summed E-state index contributed by atoms with van der Waals surface area (Å²) in [6.45, 7) is 2.40. The van der Waals surface area contributed by atoms with Crippen molar-refractivity contribution in [3.8, 4) is 23.3 Å². The molecule has 8 nitrogen and oxygen atoms in total. The van der Waals surface area contributed by atoms with Gasteiger partial charge in [0.05, 0.1) is 41.9 Å². The van der Waals surface area contributed by atoms with E-state index in [2.05, 4.69) is 16.3 Å². The minimum atomic E-state index is -0.190. The van der Waals surface area contributed by atoms with Crippen LogP contribution in [0, 0.1) is 18.3 Å². The van der Waals surface area contributed by atoms with Crippen LogP contribution < -0.4 is 15.0 Å². The maximum Gasteiger partial charge on any atom is 0.267 e. The Morgan fingerprint density at radius 2 is 1.86 bits per heavy atom. The molecule has 0 saturated carbocycles. The molecule has 0 spiro atoms. The SMILES string of the molecule is COc1ccc(C)cc1-n1c(=O)c2ccccc2n2c(SCCOc3ccc(C#N)cc3)nnc12. The molecule has 9 heteroatoms. The average Bonchev–Trinajstić information content (AvgIpc) is 3.31. The van der Waals surface area contributed by atoms with E-state index in [-0.39, 0.29) is 5.56 Å². The molecule has 0 fully saturated rings. The first-order valence-corrected chi connectivity index (χ1v) is 11.9. The number of para-hydroxylation sites is 1. The number of thioether (sulfide) groups is 1. The Balaban J connectivity index is 1.53. The van der Waals surface area contributed by atoms with Gasteiger partial charge in [0.15, 0.2) is 5.16 Å². The van der Waals surface area contributed by atoms with E-state index in [1.54, 1.807) is 42.0 Å². The fraction of sp³-hybridized carbons (Fsp3) is 0.154. The van der Waals surface area contributed by atoms with Crippen LogP contribution in [0.2, 0.25) is 0 Å². The molecule has 0 radical (unpaired) electrons. The number of aromatic nitrogens is 4. The molecule has 0 aliphatic carbocycles. The second-order valence-corrected chi connectivity index (χ2v) is 8.85. The maximum atomic E-state index is 13.6. The van der Waals surface area contributed by atoms with Gasteiger partial charge in [-0.2, -0.15) is 5.26 Å². The van der Waals surface area contributed by atoms with Crippen molar-refractivity contribution in [1.29, 1.82) is 5.26 Å². The summed E-state index contributed by atoms with van der Waals surface area (Å²) in [5.41, 5.74) is 2.74. The van der Waals surface area contributed by atoms with E-state index in [9.17, 15) is 4.79 Å². The molecule has 5 aromatic rings. The van der Waals surface area contributed by atoms with Crippen LogP contribution in [0.15, 0.2) is 76.7 Å². The summed E-state index contributed by atoms with van der Waals surface area (Å²) in [4.78, 5) is 13.6. The molecule has 3 aromatic carbocycles. The minimum Gasteiger partial charge on any atom is -0.495 e. The molecule has 0 N–H and O–H groups in total. The largest absolute Gasteiger partial charge is 0.495 e. The van der Waals surface area contributed by atoms with Crippen molar-refractivity contribution in [3.05, 3.63) is 88.2 Å². The summed E-state index contributed by atoms with van der Waals surface area (Å²) < 4.78 is 14.8. The number of hydrogen-bond acceptors (Lipinski definition) is 7. The molecule has 35 heavy (non-hydrogen) atoms. The summed E-state index contributed by atoms with van der Waals surface area (Å²) in [6, 6.07) is 22.2. The highest BCUT2D eigenvalue weighted by Gasteiger charge is 2.20. The van der Waals surface area contributed by atoms with E-state index in [0.29, 0.717) is 51.4 Å². The van der Waals surface area contributed by atoms with Gasteiger partial charge >= 0.3 is 0 Å². The predicted octanol–water partition coefficient (Wildman–Crippen LogP) is 4.39. The van der Waals surface area contributed by atoms with Crippen LogP contribution in [0.4, 0.5) is 0 Å². The van der Waals surface area contributed by atoms with E-state index in [0.717, 1.165) is 11.1 Å². The predicted molar refractivity (Wildman–Crippen MR) is 135 cm³/mol. The Kier molecular flexibility index (Phi) is 6.12. The van der Waals surface area contributed by atoms with Gasteiger partial charge in [0, 0.05) is 5.75 Å². The number of nitrogens with zero attached hydrogens (tertiary/aromatic N) is 5. The second kappa shape index (κ2) is 9.52. The molecule has 0 saturated heterocycles. The number of fused-ring (bicyclic) bond motifs is 3. The fourth-order valence-electron chi connectivity index (χ4n) is 3.88. The van der Waals surface area contributed by atoms with E-state index in [1.807, 2.05) is 47.7 Å². The first-order chi connectivity index (χ1) is 17.1. The zero-order chi connectivity index (χ0) is 24.4. The topological polar surface area (TPSA) is 94.4 Å². The van der Waals surface area contributed by atoms with Gasteiger partial charge in [-0.05, 0) is 61.0 Å². The fourth-order valence-corrected chi connectivity index (χ4v) is 4.64. The summed E-state index contributed by atoms with van der Waals surface area (Å²) in [5, 5.41) is 18.9. The Morgan fingerprint density at radius 1 is 1.06 bits per heavy atom. The monoisotopic (exact) mass is 483 g/mol. The van der Waals surface area contributed by atoms with Gasteiger partial charge in [0.2, 0.25) is 5.78 Å². The molecular formula is C26H21N5O3S. The van der Waals surface area contributed by atoms with Gasteiger partial charge in [-0.3, -0.25) is 9.20 Å². The van der Waals surface area contributed by atoms with Crippen LogP contribution in [-0.4, -0.2) is 38.6 Å². The van der Waals surface area contributed by atoms with E-state index in [4.69, 9.17) is 14.7 Å². The van der Waals surface area contributed by atoms with Crippen molar-refractivity contribution >= 4 is 28.4 Å². The number of nitriles is 1. The van der Waals surface area contributed by atoms with Crippen LogP contribution in [-0.2, 0) is 0 Å². The van der Waals surface area contributed by atoms with Gasteiger partial charge in [0.25, 0.3) is 5.56 Å². The third-order valence-corrected chi connectivity index (χ3v) is 6.43. The van der Waals surface area contributed by atoms with Gasteiger partial charge < -0.3 is 9.47 Å². The summed E-state index contributed by atoms with van der Waals surface area (Å²) in [5.74, 6) is 2.29. The van der Waals surface area contributed by atoms with E-state index >= 15 is 0 Å². The van der Waals surface area contributed by atoms with Crippen molar-refractivity contribution < 1.29 is 9.47 Å². The van der Waals surface area contributed by atoms with Crippen molar-refractivity contribution in [1.82, 2.24) is 19.2 Å². The normalized spacial score (nSPS) is 11.0. The van der Waals surface area contributed by atoms with Crippen molar-refractivity contribution in [2.75, 3.05) is 19.5 Å². The van der Waals surface area contributed by atoms with Gasteiger partial charge in [0.1, 0.15) is 11.5 Å². The Bertz CT molecular complexity index is 1630. The quantitative estimate of drug-likeness (QED) is 0.250. The highest BCUT2D eigenvalue weighted by molar-refractivity contribution is 7.99. The lowest BCUT2D eigenvalue weighted by molar-refractivity contribution is 0.344. The second-order valence-electron chi connectivity index (χ2n) is 7.78. The van der Waals surface area contributed by atoms with Gasteiger partial charge in [-0.25, -0.2) is 4.57 Å². The smallest absolute Gasteiger partial charge is 0.267 e. The maximum absolute atomic E-state index is 13.6. The molecule has 174 valence electrons. The third kappa shape index (κ3) is 4.20.